The zero-order chi connectivity index (χ0) is 26.5. The number of aromatic nitrogens is 5. The maximum absolute atomic E-state index is 13.4. The lowest BCUT2D eigenvalue weighted by molar-refractivity contribution is 0.0947. The molecule has 0 aliphatic carbocycles. The van der Waals surface area contributed by atoms with Crippen molar-refractivity contribution in [2.45, 2.75) is 6.42 Å². The number of pyridine rings is 1. The smallest absolute Gasteiger partial charge is 0.271 e. The van der Waals surface area contributed by atoms with Crippen molar-refractivity contribution in [1.82, 2.24) is 30.0 Å². The molecule has 5 rings (SSSR count). The van der Waals surface area contributed by atoms with Crippen LogP contribution in [-0.4, -0.2) is 43.1 Å². The molecular weight excluding hydrogens is 504 g/mol. The highest BCUT2D eigenvalue weighted by Gasteiger charge is 2.19. The molecule has 0 atom stereocenters. The Labute approximate surface area is 222 Å². The highest BCUT2D eigenvalue weighted by molar-refractivity contribution is 6.34. The Hall–Kier alpha value is -4.96. The third-order valence-electron chi connectivity index (χ3n) is 5.68. The number of nitrogen functional groups attached to an aromatic ring is 1. The molecule has 0 radical (unpaired) electrons. The number of carbonyl (C=O) groups is 2. The van der Waals surface area contributed by atoms with E-state index >= 15 is 0 Å². The fourth-order valence-corrected chi connectivity index (χ4v) is 4.03. The number of H-pyrrole nitrogens is 1. The van der Waals surface area contributed by atoms with Crippen molar-refractivity contribution in [2.24, 2.45) is 0 Å². The number of amides is 2. The van der Waals surface area contributed by atoms with Crippen molar-refractivity contribution in [2.75, 3.05) is 17.6 Å². The Morgan fingerprint density at radius 3 is 2.61 bits per heavy atom. The number of halogens is 1. The van der Waals surface area contributed by atoms with Gasteiger partial charge in [-0.3, -0.25) is 9.59 Å². The normalized spacial score (nSPS) is 10.8. The number of para-hydroxylation sites is 1. The van der Waals surface area contributed by atoms with E-state index in [4.69, 9.17) is 17.3 Å². The summed E-state index contributed by atoms with van der Waals surface area (Å²) in [6, 6.07) is 21.0. The van der Waals surface area contributed by atoms with Crippen LogP contribution < -0.4 is 16.4 Å². The predicted molar refractivity (Wildman–Crippen MR) is 145 cm³/mol. The van der Waals surface area contributed by atoms with E-state index in [-0.39, 0.29) is 22.2 Å². The molecule has 0 bridgehead atoms. The van der Waals surface area contributed by atoms with Crippen molar-refractivity contribution in [3.8, 4) is 16.9 Å². The van der Waals surface area contributed by atoms with Gasteiger partial charge in [0.25, 0.3) is 11.8 Å². The van der Waals surface area contributed by atoms with E-state index in [9.17, 15) is 9.59 Å². The van der Waals surface area contributed by atoms with Gasteiger partial charge in [0.15, 0.2) is 5.69 Å². The lowest BCUT2D eigenvalue weighted by atomic mass is 10.1. The number of imidazole rings is 1. The second-order valence-corrected chi connectivity index (χ2v) is 8.73. The van der Waals surface area contributed by atoms with Crippen LogP contribution in [-0.2, 0) is 6.42 Å². The second kappa shape index (κ2) is 11.0. The summed E-state index contributed by atoms with van der Waals surface area (Å²) in [7, 11) is 0. The minimum absolute atomic E-state index is 0.148. The van der Waals surface area contributed by atoms with Gasteiger partial charge in [0.05, 0.1) is 34.0 Å². The summed E-state index contributed by atoms with van der Waals surface area (Å²) in [5.41, 5.74) is 8.99. The summed E-state index contributed by atoms with van der Waals surface area (Å²) < 4.78 is 1.50. The van der Waals surface area contributed by atoms with Crippen molar-refractivity contribution in [1.29, 1.82) is 0 Å². The van der Waals surface area contributed by atoms with Gasteiger partial charge in [0.2, 0.25) is 0 Å². The Balaban J connectivity index is 1.41. The Bertz CT molecular complexity index is 1580. The van der Waals surface area contributed by atoms with Gasteiger partial charge >= 0.3 is 0 Å². The van der Waals surface area contributed by atoms with Gasteiger partial charge in [-0.2, -0.15) is 5.10 Å². The molecule has 5 N–H and O–H groups in total. The Morgan fingerprint density at radius 1 is 1.00 bits per heavy atom. The number of rotatable bonds is 8. The standard InChI is InChI=1S/C27H23ClN8O2/c28-21-10-9-17(22-7-4-8-24(29)33-22)13-20(21)26(37)34-25-14-23(35-36(25)19-5-2-1-3-6-19)27(38)31-12-11-18-15-30-16-32-18/h1-10,13-16H,11-12H2,(H2,29,33)(H,30,32)(H,31,38)(H,34,37). The molecule has 2 amide bonds. The summed E-state index contributed by atoms with van der Waals surface area (Å²) in [6.07, 6.45) is 3.92. The highest BCUT2D eigenvalue weighted by Crippen LogP contribution is 2.26. The zero-order valence-corrected chi connectivity index (χ0v) is 20.8. The molecule has 5 aromatic rings. The van der Waals surface area contributed by atoms with Crippen LogP contribution in [0.15, 0.2) is 85.3 Å². The minimum Gasteiger partial charge on any atom is -0.384 e. The number of aromatic amines is 1. The largest absolute Gasteiger partial charge is 0.384 e. The molecular formula is C27H23ClN8O2. The lowest BCUT2D eigenvalue weighted by Crippen LogP contribution is -2.26. The number of carbonyl (C=O) groups excluding carboxylic acids is 2. The highest BCUT2D eigenvalue weighted by atomic mass is 35.5. The van der Waals surface area contributed by atoms with Gasteiger partial charge in [-0.15, -0.1) is 0 Å². The molecule has 0 aliphatic rings. The first kappa shape index (κ1) is 24.7. The fourth-order valence-electron chi connectivity index (χ4n) is 3.82. The number of nitrogens with zero attached hydrogens (tertiary/aromatic N) is 4. The SMILES string of the molecule is Nc1cccc(-c2ccc(Cl)c(C(=O)Nc3cc(C(=O)NCCc4c[nH]cn4)nn3-c3ccccc3)c2)n1. The van der Waals surface area contributed by atoms with Crippen LogP contribution in [0.25, 0.3) is 16.9 Å². The van der Waals surface area contributed by atoms with E-state index in [2.05, 4.69) is 30.7 Å². The average molecular weight is 527 g/mol. The first-order chi connectivity index (χ1) is 18.5. The quantitative estimate of drug-likeness (QED) is 0.239. The van der Waals surface area contributed by atoms with Crippen LogP contribution in [0, 0.1) is 0 Å². The molecule has 190 valence electrons. The molecule has 0 saturated carbocycles. The van der Waals surface area contributed by atoms with E-state index in [1.54, 1.807) is 48.9 Å². The van der Waals surface area contributed by atoms with Crippen LogP contribution >= 0.6 is 11.6 Å². The second-order valence-electron chi connectivity index (χ2n) is 8.33. The van der Waals surface area contributed by atoms with Crippen LogP contribution in [0.5, 0.6) is 0 Å². The molecule has 10 nitrogen and oxygen atoms in total. The Kier molecular flexibility index (Phi) is 7.14. The topological polar surface area (TPSA) is 144 Å². The number of nitrogens with one attached hydrogen (secondary N) is 3. The molecule has 2 aromatic carbocycles. The average Bonchev–Trinajstić information content (AvgIpc) is 3.60. The molecule has 0 spiro atoms. The summed E-state index contributed by atoms with van der Waals surface area (Å²) in [6.45, 7) is 0.379. The molecule has 11 heteroatoms. The molecule has 0 saturated heterocycles. The Morgan fingerprint density at radius 2 is 1.84 bits per heavy atom. The molecule has 3 heterocycles. The van der Waals surface area contributed by atoms with E-state index in [1.165, 1.54) is 10.7 Å². The van der Waals surface area contributed by atoms with E-state index < -0.39 is 5.91 Å². The van der Waals surface area contributed by atoms with Gasteiger partial charge in [-0.1, -0.05) is 41.9 Å². The number of hydrogen-bond acceptors (Lipinski definition) is 6. The summed E-state index contributed by atoms with van der Waals surface area (Å²) >= 11 is 6.39. The molecule has 0 aliphatic heterocycles. The number of hydrogen-bond donors (Lipinski definition) is 4. The van der Waals surface area contributed by atoms with Crippen LogP contribution in [0.2, 0.25) is 5.02 Å². The van der Waals surface area contributed by atoms with Gasteiger partial charge < -0.3 is 21.4 Å². The van der Waals surface area contributed by atoms with Crippen molar-refractivity contribution in [3.05, 3.63) is 107 Å². The van der Waals surface area contributed by atoms with Crippen LogP contribution in [0.3, 0.4) is 0 Å². The minimum atomic E-state index is -0.469. The van der Waals surface area contributed by atoms with Crippen LogP contribution in [0.1, 0.15) is 26.5 Å². The van der Waals surface area contributed by atoms with E-state index in [0.29, 0.717) is 41.5 Å². The number of benzene rings is 2. The summed E-state index contributed by atoms with van der Waals surface area (Å²) in [4.78, 5) is 37.5. The maximum atomic E-state index is 13.4. The van der Waals surface area contributed by atoms with Crippen LogP contribution in [0.4, 0.5) is 11.6 Å². The number of nitrogens with two attached hydrogens (primary N) is 1. The van der Waals surface area contributed by atoms with Gasteiger partial charge in [0, 0.05) is 30.8 Å². The first-order valence-corrected chi connectivity index (χ1v) is 12.1. The molecule has 3 aromatic heterocycles. The van der Waals surface area contributed by atoms with Gasteiger partial charge in [-0.05, 0) is 36.4 Å². The summed E-state index contributed by atoms with van der Waals surface area (Å²) in [5, 5.41) is 10.4. The fraction of sp³-hybridized carbons (Fsp3) is 0.0741. The molecule has 38 heavy (non-hydrogen) atoms. The predicted octanol–water partition coefficient (Wildman–Crippen LogP) is 4.12. The lowest BCUT2D eigenvalue weighted by Gasteiger charge is -2.11. The maximum Gasteiger partial charge on any atom is 0.271 e. The number of anilines is 2. The van der Waals surface area contributed by atoms with E-state index in [1.807, 2.05) is 30.3 Å². The molecule has 0 fully saturated rings. The van der Waals surface area contributed by atoms with Gasteiger partial charge in [-0.25, -0.2) is 14.6 Å². The molecule has 0 unspecified atom stereocenters. The first-order valence-electron chi connectivity index (χ1n) is 11.7. The van der Waals surface area contributed by atoms with Crippen molar-refractivity contribution < 1.29 is 9.59 Å². The third-order valence-corrected chi connectivity index (χ3v) is 6.01. The van der Waals surface area contributed by atoms with Crippen molar-refractivity contribution in [3.63, 3.8) is 0 Å². The summed E-state index contributed by atoms with van der Waals surface area (Å²) in [5.74, 6) is -0.172. The zero-order valence-electron chi connectivity index (χ0n) is 20.1. The van der Waals surface area contributed by atoms with Crippen molar-refractivity contribution >= 4 is 35.1 Å². The van der Waals surface area contributed by atoms with E-state index in [0.717, 1.165) is 5.69 Å². The van der Waals surface area contributed by atoms with Gasteiger partial charge in [0.1, 0.15) is 11.6 Å². The third kappa shape index (κ3) is 5.55. The monoisotopic (exact) mass is 526 g/mol.